The molecule has 1 rings (SSSR count). The van der Waals surface area contributed by atoms with Gasteiger partial charge in [-0.2, -0.15) is 0 Å². The quantitative estimate of drug-likeness (QED) is 0.569. The lowest BCUT2D eigenvalue weighted by Gasteiger charge is -2.20. The van der Waals surface area contributed by atoms with Gasteiger partial charge in [-0.1, -0.05) is 0 Å². The summed E-state index contributed by atoms with van der Waals surface area (Å²) < 4.78 is 4.69. The molecule has 16 heavy (non-hydrogen) atoms. The zero-order valence-electron chi connectivity index (χ0n) is 9.05. The molecule has 92 valence electrons. The second kappa shape index (κ2) is 5.66. The monoisotopic (exact) mass is 232 g/mol. The molecule has 0 aromatic heterocycles. The third kappa shape index (κ3) is 3.35. The van der Waals surface area contributed by atoms with Gasteiger partial charge in [-0.3, -0.25) is 0 Å². The van der Waals surface area contributed by atoms with Crippen LogP contribution in [0.3, 0.4) is 0 Å². The molecule has 7 heteroatoms. The number of aliphatic hydroxyl groups excluding tert-OH is 1. The summed E-state index contributed by atoms with van der Waals surface area (Å²) in [7, 11) is 1.36. The van der Waals surface area contributed by atoms with Gasteiger partial charge in [-0.25, -0.2) is 9.59 Å². The molecule has 1 saturated heterocycles. The van der Waals surface area contributed by atoms with Crippen LogP contribution in [-0.2, 0) is 9.53 Å². The van der Waals surface area contributed by atoms with Crippen molar-refractivity contribution in [3.8, 4) is 0 Å². The van der Waals surface area contributed by atoms with E-state index in [1.807, 2.05) is 0 Å². The maximum Gasteiger partial charge on any atom is 0.328 e. The van der Waals surface area contributed by atoms with Crippen molar-refractivity contribution in [2.45, 2.75) is 18.6 Å². The van der Waals surface area contributed by atoms with Crippen LogP contribution in [0, 0.1) is 0 Å². The summed E-state index contributed by atoms with van der Waals surface area (Å²) in [5.74, 6) is -1.14. The van der Waals surface area contributed by atoms with E-state index in [4.69, 9.17) is 5.11 Å². The predicted octanol–water partition coefficient (Wildman–Crippen LogP) is -1.14. The SMILES string of the molecule is COCC(NC(=O)N1CCC(O)C1)C(=O)O. The van der Waals surface area contributed by atoms with E-state index in [9.17, 15) is 14.7 Å². The van der Waals surface area contributed by atoms with Gasteiger partial charge < -0.3 is 25.2 Å². The van der Waals surface area contributed by atoms with Crippen LogP contribution in [0.2, 0.25) is 0 Å². The predicted molar refractivity (Wildman–Crippen MR) is 54.0 cm³/mol. The summed E-state index contributed by atoms with van der Waals surface area (Å²) in [4.78, 5) is 23.7. The highest BCUT2D eigenvalue weighted by Gasteiger charge is 2.28. The van der Waals surface area contributed by atoms with E-state index < -0.39 is 24.1 Å². The van der Waals surface area contributed by atoms with Crippen LogP contribution in [0.15, 0.2) is 0 Å². The lowest BCUT2D eigenvalue weighted by atomic mass is 10.3. The summed E-state index contributed by atoms with van der Waals surface area (Å²) in [6.45, 7) is 0.592. The molecule has 1 fully saturated rings. The number of aliphatic carboxylic acids is 1. The first-order valence-electron chi connectivity index (χ1n) is 5.00. The number of hydrogen-bond acceptors (Lipinski definition) is 4. The highest BCUT2D eigenvalue weighted by atomic mass is 16.5. The summed E-state index contributed by atoms with van der Waals surface area (Å²) in [5, 5.41) is 20.3. The molecule has 2 amide bonds. The van der Waals surface area contributed by atoms with E-state index in [2.05, 4.69) is 10.1 Å². The van der Waals surface area contributed by atoms with E-state index in [1.54, 1.807) is 0 Å². The van der Waals surface area contributed by atoms with Gasteiger partial charge in [0.15, 0.2) is 6.04 Å². The zero-order chi connectivity index (χ0) is 12.1. The van der Waals surface area contributed by atoms with Crippen LogP contribution >= 0.6 is 0 Å². The van der Waals surface area contributed by atoms with Gasteiger partial charge in [-0.15, -0.1) is 0 Å². The molecule has 3 N–H and O–H groups in total. The molecule has 0 aliphatic carbocycles. The van der Waals surface area contributed by atoms with Crippen LogP contribution < -0.4 is 5.32 Å². The molecule has 2 unspecified atom stereocenters. The Labute approximate surface area is 93.0 Å². The Hall–Kier alpha value is -1.34. The molecule has 1 aliphatic rings. The third-order valence-electron chi connectivity index (χ3n) is 2.38. The summed E-state index contributed by atoms with van der Waals surface area (Å²) in [6.07, 6.45) is 0.00608. The van der Waals surface area contributed by atoms with Crippen LogP contribution in [0.5, 0.6) is 0 Å². The number of amides is 2. The van der Waals surface area contributed by atoms with Gasteiger partial charge in [0.1, 0.15) is 0 Å². The van der Waals surface area contributed by atoms with Crippen LogP contribution in [0.25, 0.3) is 0 Å². The van der Waals surface area contributed by atoms with Crippen LogP contribution in [0.1, 0.15) is 6.42 Å². The smallest absolute Gasteiger partial charge is 0.328 e. The zero-order valence-corrected chi connectivity index (χ0v) is 9.05. The number of aliphatic hydroxyl groups is 1. The van der Waals surface area contributed by atoms with E-state index in [-0.39, 0.29) is 13.2 Å². The molecule has 0 aromatic carbocycles. The average molecular weight is 232 g/mol. The minimum absolute atomic E-state index is 0.0858. The Morgan fingerprint density at radius 3 is 2.75 bits per heavy atom. The number of β-amino-alcohol motifs (C(OH)–C–C–N with tert-alkyl or cyclic N) is 1. The highest BCUT2D eigenvalue weighted by Crippen LogP contribution is 2.08. The topological polar surface area (TPSA) is 99.1 Å². The van der Waals surface area contributed by atoms with Gasteiger partial charge in [0, 0.05) is 20.2 Å². The molecule has 1 heterocycles. The molecule has 0 radical (unpaired) electrons. The van der Waals surface area contributed by atoms with Gasteiger partial charge in [0.2, 0.25) is 0 Å². The van der Waals surface area contributed by atoms with E-state index in [1.165, 1.54) is 12.0 Å². The first-order chi connectivity index (χ1) is 7.54. The summed E-state index contributed by atoms with van der Waals surface area (Å²) in [6, 6.07) is -1.55. The second-order valence-electron chi connectivity index (χ2n) is 3.68. The fraction of sp³-hybridized carbons (Fsp3) is 0.778. The Morgan fingerprint density at radius 1 is 1.62 bits per heavy atom. The molecule has 7 nitrogen and oxygen atoms in total. The Bertz CT molecular complexity index is 271. The number of ether oxygens (including phenoxy) is 1. The number of carbonyl (C=O) groups is 2. The average Bonchev–Trinajstić information content (AvgIpc) is 2.64. The van der Waals surface area contributed by atoms with Gasteiger partial charge in [-0.05, 0) is 6.42 Å². The Morgan fingerprint density at radius 2 is 2.31 bits per heavy atom. The number of methoxy groups -OCH3 is 1. The number of rotatable bonds is 4. The number of likely N-dealkylation sites (tertiary alicyclic amines) is 1. The number of carboxylic acids is 1. The lowest BCUT2D eigenvalue weighted by molar-refractivity contribution is -0.140. The molecule has 0 bridgehead atoms. The van der Waals surface area contributed by atoms with Crippen LogP contribution in [0.4, 0.5) is 4.79 Å². The van der Waals surface area contributed by atoms with E-state index in [0.29, 0.717) is 13.0 Å². The van der Waals surface area contributed by atoms with Gasteiger partial charge in [0.25, 0.3) is 0 Å². The fourth-order valence-electron chi connectivity index (χ4n) is 1.51. The Kier molecular flexibility index (Phi) is 4.51. The number of nitrogens with one attached hydrogen (secondary N) is 1. The third-order valence-corrected chi connectivity index (χ3v) is 2.38. The first kappa shape index (κ1) is 12.7. The lowest BCUT2D eigenvalue weighted by Crippen LogP contribution is -2.49. The molecular weight excluding hydrogens is 216 g/mol. The van der Waals surface area contributed by atoms with Crippen molar-refractivity contribution in [3.05, 3.63) is 0 Å². The summed E-state index contributed by atoms with van der Waals surface area (Å²) >= 11 is 0. The first-order valence-corrected chi connectivity index (χ1v) is 5.00. The maximum atomic E-state index is 11.6. The normalized spacial score (nSPS) is 21.9. The number of hydrogen-bond donors (Lipinski definition) is 3. The molecule has 0 spiro atoms. The number of nitrogens with zero attached hydrogens (tertiary/aromatic N) is 1. The molecule has 1 aliphatic heterocycles. The minimum Gasteiger partial charge on any atom is -0.480 e. The van der Waals surface area contributed by atoms with Crippen molar-refractivity contribution in [1.82, 2.24) is 10.2 Å². The van der Waals surface area contributed by atoms with Crippen molar-refractivity contribution in [2.24, 2.45) is 0 Å². The number of urea groups is 1. The molecule has 2 atom stereocenters. The molecule has 0 aromatic rings. The minimum atomic E-state index is -1.14. The second-order valence-corrected chi connectivity index (χ2v) is 3.68. The highest BCUT2D eigenvalue weighted by molar-refractivity contribution is 5.82. The maximum absolute atomic E-state index is 11.6. The molecule has 0 saturated carbocycles. The van der Waals surface area contributed by atoms with E-state index in [0.717, 1.165) is 0 Å². The van der Waals surface area contributed by atoms with Gasteiger partial charge >= 0.3 is 12.0 Å². The van der Waals surface area contributed by atoms with Crippen molar-refractivity contribution in [1.29, 1.82) is 0 Å². The van der Waals surface area contributed by atoms with E-state index >= 15 is 0 Å². The summed E-state index contributed by atoms with van der Waals surface area (Å²) in [5.41, 5.74) is 0. The van der Waals surface area contributed by atoms with Crippen molar-refractivity contribution >= 4 is 12.0 Å². The van der Waals surface area contributed by atoms with Crippen molar-refractivity contribution in [3.63, 3.8) is 0 Å². The fourth-order valence-corrected chi connectivity index (χ4v) is 1.51. The molecular formula is C9H16N2O5. The largest absolute Gasteiger partial charge is 0.480 e. The Balaban J connectivity index is 2.45. The van der Waals surface area contributed by atoms with Gasteiger partial charge in [0.05, 0.1) is 12.7 Å². The standard InChI is InChI=1S/C9H16N2O5/c1-16-5-7(8(13)14)10-9(15)11-3-2-6(12)4-11/h6-7,12H,2-5H2,1H3,(H,10,15)(H,13,14). The van der Waals surface area contributed by atoms with Crippen LogP contribution in [-0.4, -0.2) is 66.1 Å². The van der Waals surface area contributed by atoms with Crippen molar-refractivity contribution < 1.29 is 24.5 Å². The van der Waals surface area contributed by atoms with Crippen molar-refractivity contribution in [2.75, 3.05) is 26.8 Å². The number of carboxylic acid groups (broad SMARTS) is 1. The number of carbonyl (C=O) groups excluding carboxylic acids is 1.